The topological polar surface area (TPSA) is 325 Å². The number of nitrogens with one attached hydrogen (secondary N) is 6. The quantitative estimate of drug-likeness (QED) is 0.0305. The van der Waals surface area contributed by atoms with E-state index in [9.17, 15) is 38.4 Å². The minimum atomic E-state index is -1.03. The summed E-state index contributed by atoms with van der Waals surface area (Å²) in [6.45, 7) is 5.69. The van der Waals surface area contributed by atoms with Crippen molar-refractivity contribution in [2.45, 2.75) is 102 Å². The molecule has 0 saturated carbocycles. The summed E-state index contributed by atoms with van der Waals surface area (Å²) >= 11 is 0. The SMILES string of the molecule is CC(=O)N[C@@H](Cc1cnc[nH]1)C(=O)N1CCC[C@H]1C(=O)N[C@H](C(=O)N[C@H](/C=C/C(=O)NCCOCCOCC(=O)N[C@@H](CCCCN)C(N)=O)CCC(N)=O)C(C)C. The number of imidazole rings is 1. The first-order chi connectivity index (χ1) is 27.6. The van der Waals surface area contributed by atoms with Gasteiger partial charge in [0.25, 0.3) is 0 Å². The summed E-state index contributed by atoms with van der Waals surface area (Å²) in [5.41, 5.74) is 16.8. The maximum atomic E-state index is 13.6. The number of unbranched alkanes of at least 4 members (excludes halogenated alkanes) is 1. The molecule has 21 heteroatoms. The van der Waals surface area contributed by atoms with Crippen LogP contribution in [0.25, 0.3) is 0 Å². The van der Waals surface area contributed by atoms with Crippen LogP contribution in [0.4, 0.5) is 0 Å². The average molecular weight is 820 g/mol. The van der Waals surface area contributed by atoms with E-state index in [1.807, 2.05) is 0 Å². The van der Waals surface area contributed by atoms with Gasteiger partial charge in [0.1, 0.15) is 30.8 Å². The first kappa shape index (κ1) is 48.7. The van der Waals surface area contributed by atoms with E-state index >= 15 is 0 Å². The lowest BCUT2D eigenvalue weighted by atomic mass is 10.0. The number of amides is 8. The second-order valence-electron chi connectivity index (χ2n) is 14.2. The van der Waals surface area contributed by atoms with Crippen LogP contribution in [0, 0.1) is 5.92 Å². The van der Waals surface area contributed by atoms with Gasteiger partial charge in [-0.25, -0.2) is 4.98 Å². The Kier molecular flexibility index (Phi) is 22.3. The van der Waals surface area contributed by atoms with Crippen LogP contribution >= 0.6 is 0 Å². The maximum absolute atomic E-state index is 13.6. The van der Waals surface area contributed by atoms with E-state index in [2.05, 4.69) is 36.6 Å². The van der Waals surface area contributed by atoms with Gasteiger partial charge in [-0.05, 0) is 51.0 Å². The Morgan fingerprint density at radius 1 is 0.966 bits per heavy atom. The molecule has 2 rings (SSSR count). The van der Waals surface area contributed by atoms with Crippen molar-refractivity contribution in [1.29, 1.82) is 0 Å². The van der Waals surface area contributed by atoms with E-state index in [1.165, 1.54) is 30.3 Å². The number of hydrogen-bond donors (Lipinski definition) is 9. The number of aromatic nitrogens is 2. The largest absolute Gasteiger partial charge is 0.377 e. The van der Waals surface area contributed by atoms with E-state index in [1.54, 1.807) is 20.0 Å². The molecular weight excluding hydrogens is 758 g/mol. The molecule has 1 aromatic rings. The molecule has 12 N–H and O–H groups in total. The molecule has 0 aliphatic carbocycles. The fraction of sp³-hybridized carbons (Fsp3) is 0.649. The van der Waals surface area contributed by atoms with Crippen LogP contribution in [0.5, 0.6) is 0 Å². The third-order valence-corrected chi connectivity index (χ3v) is 9.03. The second kappa shape index (κ2) is 26.5. The third kappa shape index (κ3) is 18.7. The third-order valence-electron chi connectivity index (χ3n) is 9.03. The molecule has 0 aromatic carbocycles. The molecular formula is C37H61N11O10. The lowest BCUT2D eigenvalue weighted by Crippen LogP contribution is -2.58. The number of H-pyrrole nitrogens is 1. The predicted molar refractivity (Wildman–Crippen MR) is 210 cm³/mol. The molecule has 0 bridgehead atoms. The molecule has 1 fully saturated rings. The van der Waals surface area contributed by atoms with Crippen LogP contribution in [-0.4, -0.2) is 138 Å². The summed E-state index contributed by atoms with van der Waals surface area (Å²) in [7, 11) is 0. The Balaban J connectivity index is 1.87. The molecule has 2 heterocycles. The standard InChI is InChI=1S/C37H61N11O10/c1-23(2)33(47-35(54)29-8-6-15-48(29)37(56)28(44-24(3)49)19-26-20-41-22-43-26)36(55)45-25(9-11-30(39)50)10-12-31(51)42-14-16-57-17-18-58-21-32(52)46-27(34(40)53)7-4-5-13-38/h10,12,20,22-23,25,27-29,33H,4-9,11,13-19,21,38H2,1-3H3,(H2,39,50)(H2,40,53)(H,41,43)(H,42,51)(H,44,49)(H,45,55)(H,46,52)(H,47,54)/b12-10+/t25-,27-,28-,29-,33-/m0/s1. The number of ether oxygens (including phenoxy) is 2. The number of carbonyl (C=O) groups is 8. The van der Waals surface area contributed by atoms with Crippen LogP contribution in [0.1, 0.15) is 71.4 Å². The highest BCUT2D eigenvalue weighted by Gasteiger charge is 2.39. The molecule has 1 aliphatic heterocycles. The van der Waals surface area contributed by atoms with Crippen LogP contribution in [0.15, 0.2) is 24.7 Å². The fourth-order valence-electron chi connectivity index (χ4n) is 6.04. The summed E-state index contributed by atoms with van der Waals surface area (Å²) < 4.78 is 10.7. The van der Waals surface area contributed by atoms with E-state index in [4.69, 9.17) is 26.7 Å². The van der Waals surface area contributed by atoms with Crippen molar-refractivity contribution in [2.24, 2.45) is 23.1 Å². The van der Waals surface area contributed by atoms with Crippen molar-refractivity contribution in [2.75, 3.05) is 46.1 Å². The summed E-state index contributed by atoms with van der Waals surface area (Å²) in [6, 6.07) is -4.46. The molecule has 0 unspecified atom stereocenters. The summed E-state index contributed by atoms with van der Waals surface area (Å²) in [5, 5.41) is 13.4. The van der Waals surface area contributed by atoms with E-state index in [0.717, 1.165) is 0 Å². The minimum Gasteiger partial charge on any atom is -0.377 e. The molecule has 5 atom stereocenters. The average Bonchev–Trinajstić information content (AvgIpc) is 3.87. The number of carbonyl (C=O) groups excluding carboxylic acids is 8. The van der Waals surface area contributed by atoms with Gasteiger partial charge in [0.15, 0.2) is 0 Å². The zero-order valence-corrected chi connectivity index (χ0v) is 33.6. The van der Waals surface area contributed by atoms with Crippen molar-refractivity contribution in [3.05, 3.63) is 30.4 Å². The van der Waals surface area contributed by atoms with Gasteiger partial charge >= 0.3 is 0 Å². The van der Waals surface area contributed by atoms with Crippen LogP contribution in [0.2, 0.25) is 0 Å². The summed E-state index contributed by atoms with van der Waals surface area (Å²) in [5.74, 6) is -4.59. The number of primary amides is 2. The van der Waals surface area contributed by atoms with Crippen molar-refractivity contribution in [3.63, 3.8) is 0 Å². The monoisotopic (exact) mass is 819 g/mol. The first-order valence-electron chi connectivity index (χ1n) is 19.5. The number of hydrogen-bond acceptors (Lipinski definition) is 12. The Morgan fingerprint density at radius 2 is 1.71 bits per heavy atom. The minimum absolute atomic E-state index is 0.0774. The van der Waals surface area contributed by atoms with Gasteiger partial charge in [-0.1, -0.05) is 19.9 Å². The van der Waals surface area contributed by atoms with Crippen LogP contribution in [0.3, 0.4) is 0 Å². The van der Waals surface area contributed by atoms with E-state index in [0.29, 0.717) is 44.3 Å². The van der Waals surface area contributed by atoms with Gasteiger partial charge < -0.3 is 63.1 Å². The number of nitrogens with two attached hydrogens (primary N) is 3. The van der Waals surface area contributed by atoms with Gasteiger partial charge in [-0.3, -0.25) is 38.4 Å². The van der Waals surface area contributed by atoms with Crippen molar-refractivity contribution in [1.82, 2.24) is 41.5 Å². The molecule has 8 amide bonds. The highest BCUT2D eigenvalue weighted by atomic mass is 16.5. The lowest BCUT2D eigenvalue weighted by molar-refractivity contribution is -0.142. The Hall–Kier alpha value is -5.41. The van der Waals surface area contributed by atoms with E-state index < -0.39 is 77.5 Å². The zero-order valence-electron chi connectivity index (χ0n) is 33.6. The molecule has 1 aromatic heterocycles. The molecule has 0 radical (unpaired) electrons. The van der Waals surface area contributed by atoms with Gasteiger partial charge in [0, 0.05) is 56.9 Å². The molecule has 324 valence electrons. The lowest BCUT2D eigenvalue weighted by Gasteiger charge is -2.30. The zero-order chi connectivity index (χ0) is 43.0. The smallest absolute Gasteiger partial charge is 0.246 e. The van der Waals surface area contributed by atoms with Gasteiger partial charge in [-0.15, -0.1) is 0 Å². The van der Waals surface area contributed by atoms with E-state index in [-0.39, 0.29) is 64.7 Å². The first-order valence-corrected chi connectivity index (χ1v) is 19.5. The number of likely N-dealkylation sites (tertiary alicyclic amines) is 1. The number of aromatic amines is 1. The number of nitrogens with zero attached hydrogens (tertiary/aromatic N) is 2. The second-order valence-corrected chi connectivity index (χ2v) is 14.2. The molecule has 21 nitrogen and oxygen atoms in total. The normalized spacial score (nSPS) is 15.9. The Morgan fingerprint density at radius 3 is 2.34 bits per heavy atom. The summed E-state index contributed by atoms with van der Waals surface area (Å²) in [4.78, 5) is 109. The number of rotatable bonds is 28. The van der Waals surface area contributed by atoms with Crippen molar-refractivity contribution in [3.8, 4) is 0 Å². The summed E-state index contributed by atoms with van der Waals surface area (Å²) in [6.07, 6.45) is 8.36. The van der Waals surface area contributed by atoms with Gasteiger partial charge in [0.2, 0.25) is 47.3 Å². The molecule has 58 heavy (non-hydrogen) atoms. The molecule has 1 aliphatic rings. The van der Waals surface area contributed by atoms with Crippen LogP contribution < -0.4 is 43.8 Å². The highest BCUT2D eigenvalue weighted by Crippen LogP contribution is 2.20. The predicted octanol–water partition coefficient (Wildman–Crippen LogP) is -2.86. The maximum Gasteiger partial charge on any atom is 0.246 e. The highest BCUT2D eigenvalue weighted by molar-refractivity contribution is 5.95. The van der Waals surface area contributed by atoms with Crippen LogP contribution in [-0.2, 0) is 54.3 Å². The molecule has 0 spiro atoms. The van der Waals surface area contributed by atoms with Crippen molar-refractivity contribution < 1.29 is 47.8 Å². The van der Waals surface area contributed by atoms with Gasteiger partial charge in [-0.2, -0.15) is 0 Å². The van der Waals surface area contributed by atoms with Gasteiger partial charge in [0.05, 0.1) is 26.1 Å². The Labute approximate surface area is 338 Å². The Bertz CT molecular complexity index is 1540. The molecule has 1 saturated heterocycles. The van der Waals surface area contributed by atoms with Crippen molar-refractivity contribution >= 4 is 47.3 Å². The fourth-order valence-corrected chi connectivity index (χ4v) is 6.04.